The van der Waals surface area contributed by atoms with E-state index in [0.29, 0.717) is 5.69 Å². The van der Waals surface area contributed by atoms with Crippen LogP contribution in [0.3, 0.4) is 0 Å². The fraction of sp³-hybridized carbons (Fsp3) is 0.417. The van der Waals surface area contributed by atoms with Gasteiger partial charge in [-0.15, -0.1) is 11.6 Å². The summed E-state index contributed by atoms with van der Waals surface area (Å²) in [6.07, 6.45) is 0.109. The lowest BCUT2D eigenvalue weighted by molar-refractivity contribution is -0.113. The van der Waals surface area contributed by atoms with Crippen molar-refractivity contribution in [2.75, 3.05) is 11.2 Å². The van der Waals surface area contributed by atoms with Gasteiger partial charge in [0.05, 0.1) is 6.10 Å². The van der Waals surface area contributed by atoms with Crippen molar-refractivity contribution < 1.29 is 9.53 Å². The second-order valence-corrected chi connectivity index (χ2v) is 4.10. The number of nitrogens with one attached hydrogen (secondary N) is 1. The van der Waals surface area contributed by atoms with E-state index in [2.05, 4.69) is 5.32 Å². The molecule has 88 valence electrons. The fourth-order valence-electron chi connectivity index (χ4n) is 1.25. The molecule has 1 amide bonds. The lowest BCUT2D eigenvalue weighted by atomic mass is 10.2. The Labute approximate surface area is 101 Å². The third kappa shape index (κ3) is 3.74. The molecule has 0 aliphatic rings. The molecular formula is C12H16ClNO2. The van der Waals surface area contributed by atoms with Gasteiger partial charge in [-0.05, 0) is 32.4 Å². The first-order chi connectivity index (χ1) is 7.52. The molecule has 0 aromatic heterocycles. The molecule has 0 saturated carbocycles. The highest BCUT2D eigenvalue weighted by Gasteiger charge is 2.05. The lowest BCUT2D eigenvalue weighted by Gasteiger charge is -2.13. The number of alkyl halides is 1. The number of anilines is 1. The molecule has 3 nitrogen and oxygen atoms in total. The molecule has 0 bridgehead atoms. The third-order valence-corrected chi connectivity index (χ3v) is 2.20. The molecule has 1 N–H and O–H groups in total. The Balaban J connectivity index is 2.84. The van der Waals surface area contributed by atoms with Gasteiger partial charge in [-0.2, -0.15) is 0 Å². The molecule has 4 heteroatoms. The van der Waals surface area contributed by atoms with Crippen LogP contribution in [0.15, 0.2) is 18.2 Å². The van der Waals surface area contributed by atoms with E-state index >= 15 is 0 Å². The van der Waals surface area contributed by atoms with Crippen molar-refractivity contribution in [3.8, 4) is 5.75 Å². The van der Waals surface area contributed by atoms with Crippen LogP contribution in [0.5, 0.6) is 5.75 Å². The van der Waals surface area contributed by atoms with Gasteiger partial charge < -0.3 is 10.1 Å². The van der Waals surface area contributed by atoms with Crippen molar-refractivity contribution in [2.24, 2.45) is 0 Å². The molecular weight excluding hydrogens is 226 g/mol. The molecule has 0 unspecified atom stereocenters. The Hall–Kier alpha value is -1.22. The van der Waals surface area contributed by atoms with Crippen molar-refractivity contribution in [1.29, 1.82) is 0 Å². The summed E-state index contributed by atoms with van der Waals surface area (Å²) in [4.78, 5) is 11.1. The summed E-state index contributed by atoms with van der Waals surface area (Å²) >= 11 is 5.41. The number of aryl methyl sites for hydroxylation is 1. The van der Waals surface area contributed by atoms with Gasteiger partial charge in [-0.1, -0.05) is 6.07 Å². The predicted molar refractivity (Wildman–Crippen MR) is 66.3 cm³/mol. The first-order valence-electron chi connectivity index (χ1n) is 5.16. The van der Waals surface area contributed by atoms with E-state index in [-0.39, 0.29) is 17.9 Å². The Kier molecular flexibility index (Phi) is 4.62. The molecule has 0 heterocycles. The van der Waals surface area contributed by atoms with E-state index in [1.165, 1.54) is 0 Å². The summed E-state index contributed by atoms with van der Waals surface area (Å²) in [5, 5.41) is 2.68. The van der Waals surface area contributed by atoms with Crippen molar-refractivity contribution in [2.45, 2.75) is 26.9 Å². The second-order valence-electron chi connectivity index (χ2n) is 3.83. The van der Waals surface area contributed by atoms with Crippen LogP contribution < -0.4 is 10.1 Å². The average molecular weight is 242 g/mol. The molecule has 0 aliphatic heterocycles. The van der Waals surface area contributed by atoms with Crippen molar-refractivity contribution in [1.82, 2.24) is 0 Å². The Morgan fingerprint density at radius 3 is 2.75 bits per heavy atom. The molecule has 0 fully saturated rings. The van der Waals surface area contributed by atoms with Crippen LogP contribution in [-0.2, 0) is 4.79 Å². The maximum absolute atomic E-state index is 11.1. The number of benzene rings is 1. The average Bonchev–Trinajstić information content (AvgIpc) is 2.22. The second kappa shape index (κ2) is 5.75. The third-order valence-electron chi connectivity index (χ3n) is 1.96. The zero-order valence-electron chi connectivity index (χ0n) is 9.71. The molecule has 16 heavy (non-hydrogen) atoms. The number of carbonyl (C=O) groups excluding carboxylic acids is 1. The van der Waals surface area contributed by atoms with Gasteiger partial charge in [0.15, 0.2) is 0 Å². The zero-order valence-corrected chi connectivity index (χ0v) is 10.5. The largest absolute Gasteiger partial charge is 0.491 e. The van der Waals surface area contributed by atoms with E-state index in [1.807, 2.05) is 32.9 Å². The summed E-state index contributed by atoms with van der Waals surface area (Å²) < 4.78 is 5.62. The normalized spacial score (nSPS) is 10.3. The van der Waals surface area contributed by atoms with Gasteiger partial charge in [0.2, 0.25) is 5.91 Å². The van der Waals surface area contributed by atoms with Gasteiger partial charge in [0, 0.05) is 11.8 Å². The Morgan fingerprint density at radius 1 is 1.50 bits per heavy atom. The van der Waals surface area contributed by atoms with Gasteiger partial charge in [-0.25, -0.2) is 0 Å². The first-order valence-corrected chi connectivity index (χ1v) is 5.69. The fourth-order valence-corrected chi connectivity index (χ4v) is 1.32. The van der Waals surface area contributed by atoms with Gasteiger partial charge in [-0.3, -0.25) is 4.79 Å². The highest BCUT2D eigenvalue weighted by molar-refractivity contribution is 6.29. The van der Waals surface area contributed by atoms with Crippen LogP contribution in [0.1, 0.15) is 19.4 Å². The van der Waals surface area contributed by atoms with Gasteiger partial charge in [0.25, 0.3) is 0 Å². The summed E-state index contributed by atoms with van der Waals surface area (Å²) in [6, 6.07) is 5.54. The maximum Gasteiger partial charge on any atom is 0.239 e. The minimum Gasteiger partial charge on any atom is -0.491 e. The monoisotopic (exact) mass is 241 g/mol. The van der Waals surface area contributed by atoms with Gasteiger partial charge in [0.1, 0.15) is 11.6 Å². The van der Waals surface area contributed by atoms with Crippen LogP contribution in [0, 0.1) is 6.92 Å². The Morgan fingerprint density at radius 2 is 2.19 bits per heavy atom. The molecule has 1 rings (SSSR count). The SMILES string of the molecule is Cc1ccc(NC(=O)CCl)cc1OC(C)C. The molecule has 0 atom stereocenters. The molecule has 0 saturated heterocycles. The highest BCUT2D eigenvalue weighted by Crippen LogP contribution is 2.23. The summed E-state index contributed by atoms with van der Waals surface area (Å²) in [5.74, 6) is 0.511. The standard InChI is InChI=1S/C12H16ClNO2/c1-8(2)16-11-6-10(5-4-9(11)3)14-12(15)7-13/h4-6,8H,7H2,1-3H3,(H,14,15). The van der Waals surface area contributed by atoms with Gasteiger partial charge >= 0.3 is 0 Å². The smallest absolute Gasteiger partial charge is 0.239 e. The number of rotatable bonds is 4. The van der Waals surface area contributed by atoms with Crippen LogP contribution in [-0.4, -0.2) is 17.9 Å². The minimum absolute atomic E-state index is 0.0474. The number of hydrogen-bond donors (Lipinski definition) is 1. The quantitative estimate of drug-likeness (QED) is 0.823. The number of halogens is 1. The molecule has 0 spiro atoms. The summed E-state index contributed by atoms with van der Waals surface area (Å²) in [6.45, 7) is 5.89. The highest BCUT2D eigenvalue weighted by atomic mass is 35.5. The molecule has 0 radical (unpaired) electrons. The lowest BCUT2D eigenvalue weighted by Crippen LogP contribution is -2.13. The minimum atomic E-state index is -0.221. The van der Waals surface area contributed by atoms with E-state index in [0.717, 1.165) is 11.3 Å². The summed E-state index contributed by atoms with van der Waals surface area (Å²) in [5.41, 5.74) is 1.74. The number of amides is 1. The molecule has 0 aliphatic carbocycles. The van der Waals surface area contributed by atoms with Crippen molar-refractivity contribution >= 4 is 23.2 Å². The van der Waals surface area contributed by atoms with Crippen LogP contribution in [0.2, 0.25) is 0 Å². The number of hydrogen-bond acceptors (Lipinski definition) is 2. The van der Waals surface area contributed by atoms with E-state index in [1.54, 1.807) is 6.07 Å². The number of ether oxygens (including phenoxy) is 1. The van der Waals surface area contributed by atoms with E-state index in [4.69, 9.17) is 16.3 Å². The van der Waals surface area contributed by atoms with Crippen LogP contribution in [0.4, 0.5) is 5.69 Å². The Bertz CT molecular complexity index is 377. The molecule has 1 aromatic rings. The van der Waals surface area contributed by atoms with Crippen LogP contribution >= 0.6 is 11.6 Å². The van der Waals surface area contributed by atoms with E-state index in [9.17, 15) is 4.79 Å². The van der Waals surface area contributed by atoms with E-state index < -0.39 is 0 Å². The van der Waals surface area contributed by atoms with Crippen molar-refractivity contribution in [3.05, 3.63) is 23.8 Å². The maximum atomic E-state index is 11.1. The topological polar surface area (TPSA) is 38.3 Å². The zero-order chi connectivity index (χ0) is 12.1. The summed E-state index contributed by atoms with van der Waals surface area (Å²) in [7, 11) is 0. The predicted octanol–water partition coefficient (Wildman–Crippen LogP) is 2.96. The van der Waals surface area contributed by atoms with Crippen molar-refractivity contribution in [3.63, 3.8) is 0 Å². The molecule has 1 aromatic carbocycles. The first kappa shape index (κ1) is 12.8. The number of carbonyl (C=O) groups is 1. The van der Waals surface area contributed by atoms with Crippen LogP contribution in [0.25, 0.3) is 0 Å².